The fourth-order valence-corrected chi connectivity index (χ4v) is 3.15. The van der Waals surface area contributed by atoms with Gasteiger partial charge >= 0.3 is 0 Å². The summed E-state index contributed by atoms with van der Waals surface area (Å²) < 4.78 is 22.4. The second-order valence-electron chi connectivity index (χ2n) is 6.36. The summed E-state index contributed by atoms with van der Waals surface area (Å²) >= 11 is 0. The van der Waals surface area contributed by atoms with Crippen molar-refractivity contribution in [3.05, 3.63) is 59.2 Å². The molecule has 2 rings (SSSR count). The number of nitrogens with one attached hydrogen (secondary N) is 2. The third-order valence-electron chi connectivity index (χ3n) is 3.92. The molecule has 1 atom stereocenters. The zero-order valence-corrected chi connectivity index (χ0v) is 15.5. The summed E-state index contributed by atoms with van der Waals surface area (Å²) in [7, 11) is -1.76. The second-order valence-corrected chi connectivity index (χ2v) is 7.92. The van der Waals surface area contributed by atoms with Gasteiger partial charge in [-0.1, -0.05) is 23.8 Å². The highest BCUT2D eigenvalue weighted by Crippen LogP contribution is 2.12. The van der Waals surface area contributed by atoms with E-state index in [0.29, 0.717) is 12.2 Å². The van der Waals surface area contributed by atoms with Gasteiger partial charge in [0.2, 0.25) is 10.0 Å². The van der Waals surface area contributed by atoms with Crippen LogP contribution in [0.25, 0.3) is 0 Å². The molecule has 134 valence electrons. The Morgan fingerprint density at radius 2 is 1.76 bits per heavy atom. The molecule has 0 heterocycles. The summed E-state index contributed by atoms with van der Waals surface area (Å²) in [5, 5.41) is 7.82. The summed E-state index contributed by atoms with van der Waals surface area (Å²) in [6.45, 7) is 5.19. The van der Waals surface area contributed by atoms with Crippen LogP contribution in [0.1, 0.15) is 16.7 Å². The Labute approximate surface area is 148 Å². The molecule has 6 nitrogen and oxygen atoms in total. The minimum absolute atomic E-state index is 0.0167. The first-order valence-electron chi connectivity index (χ1n) is 7.95. The summed E-state index contributed by atoms with van der Waals surface area (Å²) in [6.07, 6.45) is 0. The van der Waals surface area contributed by atoms with Crippen molar-refractivity contribution in [2.75, 3.05) is 18.9 Å². The van der Waals surface area contributed by atoms with Gasteiger partial charge in [-0.15, -0.1) is 0 Å². The number of nitrogens with two attached hydrogens (primary N) is 1. The zero-order chi connectivity index (χ0) is 18.6. The van der Waals surface area contributed by atoms with Crippen LogP contribution in [0, 0.1) is 13.8 Å². The number of benzene rings is 2. The largest absolute Gasteiger partial charge is 0.326 e. The van der Waals surface area contributed by atoms with E-state index in [9.17, 15) is 13.2 Å². The van der Waals surface area contributed by atoms with E-state index in [1.165, 1.54) is 41.0 Å². The van der Waals surface area contributed by atoms with Crippen LogP contribution in [0.4, 0.5) is 5.69 Å². The molecule has 0 aromatic heterocycles. The number of hydrogen-bond acceptors (Lipinski definition) is 3. The van der Waals surface area contributed by atoms with Crippen LogP contribution < -0.4 is 15.4 Å². The number of sulfonamides is 1. The van der Waals surface area contributed by atoms with Crippen molar-refractivity contribution >= 4 is 21.6 Å². The molecule has 25 heavy (non-hydrogen) atoms. The molecule has 0 saturated carbocycles. The first kappa shape index (κ1) is 19.1. The molecule has 4 N–H and O–H groups in total. The topological polar surface area (TPSA) is 93.7 Å². The molecule has 0 fully saturated rings. The Morgan fingerprint density at radius 1 is 1.12 bits per heavy atom. The molecule has 0 bridgehead atoms. The molecular weight excluding hydrogens is 338 g/mol. The van der Waals surface area contributed by atoms with Gasteiger partial charge in [-0.05, 0) is 43.7 Å². The van der Waals surface area contributed by atoms with E-state index in [4.69, 9.17) is 5.14 Å². The van der Waals surface area contributed by atoms with Gasteiger partial charge < -0.3 is 10.2 Å². The monoisotopic (exact) mass is 362 g/mol. The Kier molecular flexibility index (Phi) is 5.94. The smallest absolute Gasteiger partial charge is 0.279 e. The Bertz CT molecular complexity index is 862. The highest BCUT2D eigenvalue weighted by atomic mass is 32.2. The van der Waals surface area contributed by atoms with E-state index < -0.39 is 10.0 Å². The third-order valence-corrected chi connectivity index (χ3v) is 4.85. The summed E-state index contributed by atoms with van der Waals surface area (Å²) in [4.78, 5) is 13.2. The predicted molar refractivity (Wildman–Crippen MR) is 97.8 cm³/mol. The van der Waals surface area contributed by atoms with E-state index in [1.54, 1.807) is 0 Å². The quantitative estimate of drug-likeness (QED) is 0.703. The lowest BCUT2D eigenvalue weighted by atomic mass is 10.1. The van der Waals surface area contributed by atoms with Crippen molar-refractivity contribution in [2.24, 2.45) is 5.14 Å². The van der Waals surface area contributed by atoms with Gasteiger partial charge in [-0.3, -0.25) is 4.79 Å². The fraction of sp³-hybridized carbons (Fsp3) is 0.278. The molecule has 2 aromatic rings. The highest BCUT2D eigenvalue weighted by Gasteiger charge is 2.13. The van der Waals surface area contributed by atoms with Crippen LogP contribution in [0.15, 0.2) is 47.4 Å². The molecule has 0 aliphatic carbocycles. The molecule has 0 spiro atoms. The molecule has 0 radical (unpaired) electrons. The van der Waals surface area contributed by atoms with Gasteiger partial charge in [0.1, 0.15) is 6.54 Å². The zero-order valence-electron chi connectivity index (χ0n) is 14.7. The van der Waals surface area contributed by atoms with Gasteiger partial charge in [-0.25, -0.2) is 13.6 Å². The van der Waals surface area contributed by atoms with Crippen LogP contribution in [0.5, 0.6) is 0 Å². The molecule has 0 saturated heterocycles. The number of rotatable bonds is 6. The lowest BCUT2D eigenvalue weighted by Crippen LogP contribution is -3.08. The molecule has 1 amide bonds. The van der Waals surface area contributed by atoms with Gasteiger partial charge in [0, 0.05) is 11.3 Å². The second kappa shape index (κ2) is 7.77. The minimum atomic E-state index is -3.73. The van der Waals surface area contributed by atoms with Gasteiger partial charge in [0.05, 0.1) is 11.9 Å². The Hall–Kier alpha value is -2.22. The van der Waals surface area contributed by atoms with Crippen LogP contribution in [-0.4, -0.2) is 27.9 Å². The van der Waals surface area contributed by atoms with Gasteiger partial charge in [-0.2, -0.15) is 0 Å². The SMILES string of the molecule is Cc1ccc(C[NH+](C)CC(=O)Nc2ccc(S(N)(=O)=O)cc2)c(C)c1. The molecule has 7 heteroatoms. The van der Waals surface area contributed by atoms with Crippen molar-refractivity contribution in [3.8, 4) is 0 Å². The fourth-order valence-electron chi connectivity index (χ4n) is 2.64. The maximum Gasteiger partial charge on any atom is 0.279 e. The van der Waals surface area contributed by atoms with Gasteiger partial charge in [0.25, 0.3) is 5.91 Å². The van der Waals surface area contributed by atoms with Gasteiger partial charge in [0.15, 0.2) is 6.54 Å². The first-order valence-corrected chi connectivity index (χ1v) is 9.50. The molecular formula is C18H24N3O3S+. The van der Waals surface area contributed by atoms with Crippen molar-refractivity contribution in [2.45, 2.75) is 25.3 Å². The van der Waals surface area contributed by atoms with E-state index >= 15 is 0 Å². The van der Waals surface area contributed by atoms with E-state index in [2.05, 4.69) is 37.4 Å². The Balaban J connectivity index is 1.93. The maximum atomic E-state index is 12.2. The van der Waals surface area contributed by atoms with Crippen molar-refractivity contribution in [3.63, 3.8) is 0 Å². The first-order chi connectivity index (χ1) is 11.6. The number of anilines is 1. The van der Waals surface area contributed by atoms with E-state index in [0.717, 1.165) is 11.4 Å². The summed E-state index contributed by atoms with van der Waals surface area (Å²) in [5.41, 5.74) is 4.20. The van der Waals surface area contributed by atoms with Crippen molar-refractivity contribution < 1.29 is 18.1 Å². The Morgan fingerprint density at radius 3 is 2.32 bits per heavy atom. The van der Waals surface area contributed by atoms with E-state index in [-0.39, 0.29) is 10.8 Å². The van der Waals surface area contributed by atoms with Crippen LogP contribution >= 0.6 is 0 Å². The van der Waals surface area contributed by atoms with Crippen LogP contribution in [-0.2, 0) is 21.4 Å². The summed E-state index contributed by atoms with van der Waals surface area (Å²) in [6, 6.07) is 12.1. The summed E-state index contributed by atoms with van der Waals surface area (Å²) in [5.74, 6) is -0.134. The standard InChI is InChI=1S/C18H23N3O3S/c1-13-4-5-15(14(2)10-13)11-21(3)12-18(22)20-16-6-8-17(9-7-16)25(19,23)24/h4-10H,11-12H2,1-3H3,(H,20,22)(H2,19,23,24)/p+1. The average Bonchev–Trinajstić information content (AvgIpc) is 2.49. The van der Waals surface area contributed by atoms with Crippen molar-refractivity contribution in [1.82, 2.24) is 0 Å². The number of carbonyl (C=O) groups is 1. The van der Waals surface area contributed by atoms with Crippen molar-refractivity contribution in [1.29, 1.82) is 0 Å². The predicted octanol–water partition coefficient (Wildman–Crippen LogP) is 0.604. The van der Waals surface area contributed by atoms with Crippen LogP contribution in [0.2, 0.25) is 0 Å². The number of aryl methyl sites for hydroxylation is 2. The highest BCUT2D eigenvalue weighted by molar-refractivity contribution is 7.89. The minimum Gasteiger partial charge on any atom is -0.326 e. The maximum absolute atomic E-state index is 12.2. The number of carbonyl (C=O) groups excluding carboxylic acids is 1. The van der Waals surface area contributed by atoms with Crippen LogP contribution in [0.3, 0.4) is 0 Å². The number of amides is 1. The number of hydrogen-bond donors (Lipinski definition) is 3. The van der Waals surface area contributed by atoms with E-state index in [1.807, 2.05) is 7.05 Å². The lowest BCUT2D eigenvalue weighted by molar-refractivity contribution is -0.885. The molecule has 0 aliphatic rings. The normalized spacial score (nSPS) is 12.6. The molecule has 0 aliphatic heterocycles. The average molecular weight is 362 g/mol. The third kappa shape index (κ3) is 5.67. The number of primary sulfonamides is 1. The molecule has 1 unspecified atom stereocenters. The lowest BCUT2D eigenvalue weighted by Gasteiger charge is -2.15. The number of likely N-dealkylation sites (N-methyl/N-ethyl adjacent to an activating group) is 1. The number of quaternary nitrogens is 1. The molecule has 2 aromatic carbocycles.